The molecule has 4 nitrogen and oxygen atoms in total. The first kappa shape index (κ1) is 14.6. The van der Waals surface area contributed by atoms with Crippen molar-refractivity contribution in [3.05, 3.63) is 22.7 Å². The Bertz CT molecular complexity index is 565. The fraction of sp³-hybridized carbons (Fsp3) is 0.538. The molecule has 0 spiro atoms. The van der Waals surface area contributed by atoms with Gasteiger partial charge in [-0.2, -0.15) is 0 Å². The second-order valence-corrected chi connectivity index (χ2v) is 6.98. The number of benzene rings is 1. The molecular formula is C13H18ClNO3S. The van der Waals surface area contributed by atoms with E-state index in [1.165, 1.54) is 13.2 Å². The van der Waals surface area contributed by atoms with E-state index in [0.717, 1.165) is 25.7 Å². The minimum absolute atomic E-state index is 0.0222. The van der Waals surface area contributed by atoms with Crippen molar-refractivity contribution in [3.8, 4) is 5.75 Å². The van der Waals surface area contributed by atoms with Gasteiger partial charge in [0, 0.05) is 11.1 Å². The van der Waals surface area contributed by atoms with Crippen LogP contribution in [0, 0.1) is 6.92 Å². The summed E-state index contributed by atoms with van der Waals surface area (Å²) in [6.45, 7) is 1.78. The van der Waals surface area contributed by atoms with Crippen LogP contribution in [0.2, 0.25) is 5.02 Å². The number of nitrogens with one attached hydrogen (secondary N) is 1. The Labute approximate surface area is 119 Å². The van der Waals surface area contributed by atoms with Gasteiger partial charge < -0.3 is 4.74 Å². The van der Waals surface area contributed by atoms with Gasteiger partial charge in [-0.05, 0) is 37.5 Å². The van der Waals surface area contributed by atoms with Crippen LogP contribution in [0.1, 0.15) is 31.2 Å². The van der Waals surface area contributed by atoms with Crippen LogP contribution in [0.25, 0.3) is 0 Å². The quantitative estimate of drug-likeness (QED) is 0.930. The smallest absolute Gasteiger partial charge is 0.244 e. The molecule has 19 heavy (non-hydrogen) atoms. The van der Waals surface area contributed by atoms with E-state index in [4.69, 9.17) is 16.3 Å². The molecule has 106 valence electrons. The highest BCUT2D eigenvalue weighted by atomic mass is 35.5. The summed E-state index contributed by atoms with van der Waals surface area (Å²) < 4.78 is 32.8. The topological polar surface area (TPSA) is 55.4 Å². The lowest BCUT2D eigenvalue weighted by molar-refractivity contribution is 0.398. The SMILES string of the molecule is COc1c(C)cc(Cl)cc1S(=O)(=O)NC1CCCC1. The van der Waals surface area contributed by atoms with Crippen LogP contribution < -0.4 is 9.46 Å². The van der Waals surface area contributed by atoms with Crippen LogP contribution in [-0.4, -0.2) is 21.6 Å². The third-order valence-corrected chi connectivity index (χ3v) is 5.12. The molecule has 0 aromatic heterocycles. The summed E-state index contributed by atoms with van der Waals surface area (Å²) in [6, 6.07) is 3.15. The van der Waals surface area contributed by atoms with Crippen molar-refractivity contribution in [3.63, 3.8) is 0 Å². The van der Waals surface area contributed by atoms with Crippen LogP contribution in [-0.2, 0) is 10.0 Å². The minimum Gasteiger partial charge on any atom is -0.495 e. The van der Waals surface area contributed by atoms with E-state index < -0.39 is 10.0 Å². The predicted molar refractivity (Wildman–Crippen MR) is 75.3 cm³/mol. The van der Waals surface area contributed by atoms with Crippen molar-refractivity contribution < 1.29 is 13.2 Å². The first-order valence-corrected chi connectivity index (χ1v) is 8.16. The molecule has 1 saturated carbocycles. The number of halogens is 1. The average molecular weight is 304 g/mol. The lowest BCUT2D eigenvalue weighted by atomic mass is 10.2. The van der Waals surface area contributed by atoms with Gasteiger partial charge in [0.2, 0.25) is 10.0 Å². The van der Waals surface area contributed by atoms with Crippen molar-refractivity contribution in [2.45, 2.75) is 43.5 Å². The highest BCUT2D eigenvalue weighted by molar-refractivity contribution is 7.89. The Morgan fingerprint density at radius 2 is 1.95 bits per heavy atom. The Balaban J connectivity index is 2.38. The zero-order valence-corrected chi connectivity index (χ0v) is 12.6. The first-order valence-electron chi connectivity index (χ1n) is 6.30. The molecule has 0 unspecified atom stereocenters. The van der Waals surface area contributed by atoms with Crippen molar-refractivity contribution in [2.75, 3.05) is 7.11 Å². The maximum absolute atomic E-state index is 12.4. The number of ether oxygens (including phenoxy) is 1. The van der Waals surface area contributed by atoms with Crippen molar-refractivity contribution in [2.24, 2.45) is 0 Å². The average Bonchev–Trinajstić information content (AvgIpc) is 2.80. The summed E-state index contributed by atoms with van der Waals surface area (Å²) in [5.41, 5.74) is 0.710. The zero-order valence-electron chi connectivity index (χ0n) is 11.1. The number of methoxy groups -OCH3 is 1. The summed E-state index contributed by atoms with van der Waals surface area (Å²) in [6.07, 6.45) is 3.92. The van der Waals surface area contributed by atoms with Crippen LogP contribution >= 0.6 is 11.6 Å². The van der Waals surface area contributed by atoms with Crippen LogP contribution in [0.5, 0.6) is 5.75 Å². The van der Waals surface area contributed by atoms with Gasteiger partial charge in [-0.1, -0.05) is 24.4 Å². The number of hydrogen-bond acceptors (Lipinski definition) is 3. The van der Waals surface area contributed by atoms with E-state index in [1.807, 2.05) is 0 Å². The fourth-order valence-electron chi connectivity index (χ4n) is 2.49. The van der Waals surface area contributed by atoms with E-state index in [9.17, 15) is 8.42 Å². The van der Waals surface area contributed by atoms with E-state index >= 15 is 0 Å². The second-order valence-electron chi connectivity index (χ2n) is 4.86. The molecule has 0 saturated heterocycles. The summed E-state index contributed by atoms with van der Waals surface area (Å²) in [5.74, 6) is 0.356. The van der Waals surface area contributed by atoms with Crippen LogP contribution in [0.3, 0.4) is 0 Å². The van der Waals surface area contributed by atoms with Gasteiger partial charge in [0.15, 0.2) is 0 Å². The summed E-state index contributed by atoms with van der Waals surface area (Å²) in [4.78, 5) is 0.117. The van der Waals surface area contributed by atoms with Gasteiger partial charge in [0.1, 0.15) is 10.6 Å². The zero-order chi connectivity index (χ0) is 14.0. The van der Waals surface area contributed by atoms with Gasteiger partial charge >= 0.3 is 0 Å². The van der Waals surface area contributed by atoms with Crippen molar-refractivity contribution >= 4 is 21.6 Å². The molecular weight excluding hydrogens is 286 g/mol. The number of sulfonamides is 1. The second kappa shape index (κ2) is 5.69. The molecule has 0 heterocycles. The maximum atomic E-state index is 12.4. The van der Waals surface area contributed by atoms with Gasteiger partial charge in [-0.3, -0.25) is 0 Å². The lowest BCUT2D eigenvalue weighted by Gasteiger charge is -2.16. The molecule has 6 heteroatoms. The largest absolute Gasteiger partial charge is 0.495 e. The summed E-state index contributed by atoms with van der Waals surface area (Å²) >= 11 is 5.95. The molecule has 0 amide bonds. The third-order valence-electron chi connectivity index (χ3n) is 3.38. The Morgan fingerprint density at radius 1 is 1.32 bits per heavy atom. The molecule has 0 radical (unpaired) electrons. The van der Waals surface area contributed by atoms with E-state index in [-0.39, 0.29) is 10.9 Å². The number of hydrogen-bond donors (Lipinski definition) is 1. The Hall–Kier alpha value is -0.780. The molecule has 1 aliphatic carbocycles. The van der Waals surface area contributed by atoms with Crippen molar-refractivity contribution in [1.82, 2.24) is 4.72 Å². The van der Waals surface area contributed by atoms with E-state index in [2.05, 4.69) is 4.72 Å². The predicted octanol–water partition coefficient (Wildman–Crippen LogP) is 2.88. The van der Waals surface area contributed by atoms with Gasteiger partial charge in [0.25, 0.3) is 0 Å². The maximum Gasteiger partial charge on any atom is 0.244 e. The third kappa shape index (κ3) is 3.22. The molecule has 1 fully saturated rings. The molecule has 0 atom stereocenters. The van der Waals surface area contributed by atoms with Gasteiger partial charge in [-0.25, -0.2) is 13.1 Å². The monoisotopic (exact) mass is 303 g/mol. The van der Waals surface area contributed by atoms with Gasteiger partial charge in [-0.15, -0.1) is 0 Å². The minimum atomic E-state index is -3.59. The molecule has 1 N–H and O–H groups in total. The molecule has 1 aliphatic rings. The highest BCUT2D eigenvalue weighted by Crippen LogP contribution is 2.32. The highest BCUT2D eigenvalue weighted by Gasteiger charge is 2.26. The van der Waals surface area contributed by atoms with Crippen molar-refractivity contribution in [1.29, 1.82) is 0 Å². The summed E-state index contributed by atoms with van der Waals surface area (Å²) in [5, 5.41) is 0.394. The van der Waals surface area contributed by atoms with Crippen LogP contribution in [0.15, 0.2) is 17.0 Å². The summed E-state index contributed by atoms with van der Waals surface area (Å²) in [7, 11) is -2.13. The van der Waals surface area contributed by atoms with Crippen LogP contribution in [0.4, 0.5) is 0 Å². The lowest BCUT2D eigenvalue weighted by Crippen LogP contribution is -2.33. The molecule has 1 aromatic rings. The molecule has 1 aromatic carbocycles. The van der Waals surface area contributed by atoms with Gasteiger partial charge in [0.05, 0.1) is 7.11 Å². The Morgan fingerprint density at radius 3 is 2.53 bits per heavy atom. The molecule has 2 rings (SSSR count). The van der Waals surface area contributed by atoms with E-state index in [1.54, 1.807) is 13.0 Å². The number of rotatable bonds is 4. The Kier molecular flexibility index (Phi) is 4.38. The molecule has 0 aliphatic heterocycles. The first-order chi connectivity index (χ1) is 8.94. The van der Waals surface area contributed by atoms with E-state index in [0.29, 0.717) is 16.3 Å². The number of aryl methyl sites for hydroxylation is 1. The fourth-order valence-corrected chi connectivity index (χ4v) is 4.40. The standard InChI is InChI=1S/C13H18ClNO3S/c1-9-7-10(14)8-12(13(9)18-2)19(16,17)15-11-5-3-4-6-11/h7-8,11,15H,3-6H2,1-2H3. The normalized spacial score (nSPS) is 16.8. The molecule has 0 bridgehead atoms.